The SMILES string of the molecule is CCN1CCC[C@]2(Cc3cc(-c4ccsc4)cnc3O2)C1. The van der Waals surface area contributed by atoms with Gasteiger partial charge in [0.05, 0.1) is 0 Å². The average Bonchev–Trinajstić information content (AvgIpc) is 3.13. The molecule has 1 fully saturated rings. The number of rotatable bonds is 2. The molecule has 0 radical (unpaired) electrons. The monoisotopic (exact) mass is 300 g/mol. The fraction of sp³-hybridized carbons (Fsp3) is 0.471. The van der Waals surface area contributed by atoms with Gasteiger partial charge in [-0.1, -0.05) is 6.92 Å². The van der Waals surface area contributed by atoms with Gasteiger partial charge in [0.2, 0.25) is 5.88 Å². The van der Waals surface area contributed by atoms with Crippen LogP contribution in [0.2, 0.25) is 0 Å². The highest BCUT2D eigenvalue weighted by molar-refractivity contribution is 7.08. The molecular weight excluding hydrogens is 280 g/mol. The van der Waals surface area contributed by atoms with Crippen LogP contribution >= 0.6 is 11.3 Å². The molecule has 4 heteroatoms. The van der Waals surface area contributed by atoms with Gasteiger partial charge >= 0.3 is 0 Å². The summed E-state index contributed by atoms with van der Waals surface area (Å²) in [6.07, 6.45) is 5.32. The average molecular weight is 300 g/mol. The molecule has 110 valence electrons. The number of fused-ring (bicyclic) bond motifs is 1. The Morgan fingerprint density at radius 3 is 3.19 bits per heavy atom. The molecule has 2 aliphatic rings. The highest BCUT2D eigenvalue weighted by Crippen LogP contribution is 2.40. The van der Waals surface area contributed by atoms with E-state index in [4.69, 9.17) is 4.74 Å². The normalized spacial score (nSPS) is 25.0. The van der Waals surface area contributed by atoms with Crippen molar-refractivity contribution in [1.82, 2.24) is 9.88 Å². The van der Waals surface area contributed by atoms with E-state index in [1.165, 1.54) is 29.7 Å². The lowest BCUT2D eigenvalue weighted by molar-refractivity contribution is 0.00781. The third-order valence-electron chi connectivity index (χ3n) is 4.67. The first kappa shape index (κ1) is 13.3. The largest absolute Gasteiger partial charge is 0.469 e. The molecule has 3 nitrogen and oxygen atoms in total. The molecule has 1 spiro atoms. The van der Waals surface area contributed by atoms with Crippen LogP contribution in [-0.4, -0.2) is 35.1 Å². The minimum atomic E-state index is -0.0309. The third kappa shape index (κ3) is 2.36. The highest BCUT2D eigenvalue weighted by atomic mass is 32.1. The molecule has 1 atom stereocenters. The number of hydrogen-bond donors (Lipinski definition) is 0. The Morgan fingerprint density at radius 1 is 1.43 bits per heavy atom. The van der Waals surface area contributed by atoms with E-state index in [2.05, 4.69) is 39.7 Å². The van der Waals surface area contributed by atoms with Crippen LogP contribution in [0.1, 0.15) is 25.3 Å². The first-order chi connectivity index (χ1) is 10.3. The van der Waals surface area contributed by atoms with E-state index in [-0.39, 0.29) is 5.60 Å². The highest BCUT2D eigenvalue weighted by Gasteiger charge is 2.43. The Kier molecular flexibility index (Phi) is 3.23. The van der Waals surface area contributed by atoms with E-state index in [9.17, 15) is 0 Å². The number of likely N-dealkylation sites (N-methyl/N-ethyl adjacent to an activating group) is 1. The summed E-state index contributed by atoms with van der Waals surface area (Å²) in [6, 6.07) is 4.42. The number of likely N-dealkylation sites (tertiary alicyclic amines) is 1. The van der Waals surface area contributed by atoms with Gasteiger partial charge in [0, 0.05) is 30.3 Å². The molecule has 2 aromatic heterocycles. The number of pyridine rings is 1. The molecule has 0 aliphatic carbocycles. The Balaban J connectivity index is 1.62. The molecule has 2 aliphatic heterocycles. The van der Waals surface area contributed by atoms with E-state index >= 15 is 0 Å². The molecule has 4 heterocycles. The summed E-state index contributed by atoms with van der Waals surface area (Å²) in [5.41, 5.74) is 3.71. The van der Waals surface area contributed by atoms with Crippen molar-refractivity contribution in [2.75, 3.05) is 19.6 Å². The summed E-state index contributed by atoms with van der Waals surface area (Å²) in [5.74, 6) is 0.854. The summed E-state index contributed by atoms with van der Waals surface area (Å²) in [7, 11) is 0. The lowest BCUT2D eigenvalue weighted by Crippen LogP contribution is -2.51. The molecule has 4 rings (SSSR count). The smallest absolute Gasteiger partial charge is 0.217 e. The zero-order valence-electron chi connectivity index (χ0n) is 12.3. The number of nitrogens with zero attached hydrogens (tertiary/aromatic N) is 2. The quantitative estimate of drug-likeness (QED) is 0.847. The number of aromatic nitrogens is 1. The maximum atomic E-state index is 6.29. The van der Waals surface area contributed by atoms with E-state index < -0.39 is 0 Å². The molecule has 0 saturated carbocycles. The van der Waals surface area contributed by atoms with E-state index in [0.29, 0.717) is 0 Å². The number of ether oxygens (including phenoxy) is 1. The molecule has 0 bridgehead atoms. The van der Waals surface area contributed by atoms with Crippen LogP contribution in [0.3, 0.4) is 0 Å². The summed E-state index contributed by atoms with van der Waals surface area (Å²) in [4.78, 5) is 7.07. The van der Waals surface area contributed by atoms with Crippen LogP contribution in [-0.2, 0) is 6.42 Å². The van der Waals surface area contributed by atoms with Gasteiger partial charge in [0.25, 0.3) is 0 Å². The lowest BCUT2D eigenvalue weighted by Gasteiger charge is -2.38. The molecule has 0 amide bonds. The minimum Gasteiger partial charge on any atom is -0.469 e. The molecular formula is C17H20N2OS. The first-order valence-corrected chi connectivity index (χ1v) is 8.65. The van der Waals surface area contributed by atoms with Gasteiger partial charge in [-0.15, -0.1) is 0 Å². The Hall–Kier alpha value is -1.39. The van der Waals surface area contributed by atoms with Crippen molar-refractivity contribution in [2.45, 2.75) is 31.8 Å². The van der Waals surface area contributed by atoms with Gasteiger partial charge in [-0.2, -0.15) is 11.3 Å². The topological polar surface area (TPSA) is 25.4 Å². The van der Waals surface area contributed by atoms with Crippen molar-refractivity contribution >= 4 is 11.3 Å². The Labute approximate surface area is 129 Å². The zero-order valence-corrected chi connectivity index (χ0v) is 13.2. The number of hydrogen-bond acceptors (Lipinski definition) is 4. The Morgan fingerprint density at radius 2 is 2.38 bits per heavy atom. The number of thiophene rings is 1. The fourth-order valence-electron chi connectivity index (χ4n) is 3.58. The minimum absolute atomic E-state index is 0.0309. The van der Waals surface area contributed by atoms with Gasteiger partial charge in [0.1, 0.15) is 5.60 Å². The molecule has 0 N–H and O–H groups in total. The van der Waals surface area contributed by atoms with Crippen molar-refractivity contribution in [3.05, 3.63) is 34.7 Å². The van der Waals surface area contributed by atoms with Crippen LogP contribution in [0.5, 0.6) is 5.88 Å². The maximum Gasteiger partial charge on any atom is 0.217 e. The van der Waals surface area contributed by atoms with E-state index in [0.717, 1.165) is 31.8 Å². The lowest BCUT2D eigenvalue weighted by atomic mass is 9.88. The first-order valence-electron chi connectivity index (χ1n) is 7.71. The molecule has 1 saturated heterocycles. The van der Waals surface area contributed by atoms with Crippen LogP contribution < -0.4 is 4.74 Å². The van der Waals surface area contributed by atoms with Crippen molar-refractivity contribution in [1.29, 1.82) is 0 Å². The summed E-state index contributed by atoms with van der Waals surface area (Å²) in [5, 5.41) is 4.29. The second kappa shape index (κ2) is 5.11. The number of piperidine rings is 1. The van der Waals surface area contributed by atoms with E-state index in [1.54, 1.807) is 11.3 Å². The second-order valence-corrected chi connectivity index (χ2v) is 6.91. The van der Waals surface area contributed by atoms with Gasteiger partial charge in [0.15, 0.2) is 0 Å². The summed E-state index contributed by atoms with van der Waals surface area (Å²) < 4.78 is 6.29. The van der Waals surface area contributed by atoms with Crippen molar-refractivity contribution in [3.8, 4) is 17.0 Å². The Bertz CT molecular complexity index is 640. The van der Waals surface area contributed by atoms with Crippen molar-refractivity contribution in [2.24, 2.45) is 0 Å². The van der Waals surface area contributed by atoms with Crippen LogP contribution in [0.4, 0.5) is 0 Å². The standard InChI is InChI=1S/C17H20N2OS/c1-2-19-6-3-5-17(12-19)9-14-8-15(10-18-16(14)20-17)13-4-7-21-11-13/h4,7-8,10-11H,2-3,5-6,9,12H2,1H3/t17-/m0/s1. The summed E-state index contributed by atoms with van der Waals surface area (Å²) >= 11 is 1.73. The second-order valence-electron chi connectivity index (χ2n) is 6.13. The molecule has 2 aromatic rings. The predicted octanol–water partition coefficient (Wildman–Crippen LogP) is 3.60. The van der Waals surface area contributed by atoms with Crippen molar-refractivity contribution in [3.63, 3.8) is 0 Å². The van der Waals surface area contributed by atoms with Crippen LogP contribution in [0, 0.1) is 0 Å². The van der Waals surface area contributed by atoms with Crippen molar-refractivity contribution < 1.29 is 4.74 Å². The zero-order chi connectivity index (χ0) is 14.3. The summed E-state index contributed by atoms with van der Waals surface area (Å²) in [6.45, 7) is 5.57. The maximum absolute atomic E-state index is 6.29. The molecule has 0 unspecified atom stereocenters. The third-order valence-corrected chi connectivity index (χ3v) is 5.35. The van der Waals surface area contributed by atoms with Gasteiger partial charge < -0.3 is 4.74 Å². The van der Waals surface area contributed by atoms with Gasteiger partial charge in [-0.3, -0.25) is 4.90 Å². The fourth-order valence-corrected chi connectivity index (χ4v) is 4.24. The van der Waals surface area contributed by atoms with Gasteiger partial charge in [-0.25, -0.2) is 4.98 Å². The molecule has 0 aromatic carbocycles. The van der Waals surface area contributed by atoms with Gasteiger partial charge in [-0.05, 0) is 54.4 Å². The predicted molar refractivity (Wildman–Crippen MR) is 86.0 cm³/mol. The van der Waals surface area contributed by atoms with Crippen LogP contribution in [0.25, 0.3) is 11.1 Å². The van der Waals surface area contributed by atoms with Crippen LogP contribution in [0.15, 0.2) is 29.1 Å². The van der Waals surface area contributed by atoms with E-state index in [1.807, 2.05) is 6.20 Å². The molecule has 21 heavy (non-hydrogen) atoms.